The average Bonchev–Trinajstić information content (AvgIpc) is 2.76. The quantitative estimate of drug-likeness (QED) is 0.273. The van der Waals surface area contributed by atoms with Gasteiger partial charge < -0.3 is 19.9 Å². The summed E-state index contributed by atoms with van der Waals surface area (Å²) in [4.78, 5) is 25.7. The number of halogens is 1. The second-order valence-corrected chi connectivity index (χ2v) is 8.13. The van der Waals surface area contributed by atoms with Gasteiger partial charge in [0, 0.05) is 46.0 Å². The first kappa shape index (κ1) is 24.7. The molecule has 2 saturated heterocycles. The molecule has 8 heteroatoms. The van der Waals surface area contributed by atoms with E-state index in [-0.39, 0.29) is 35.9 Å². The highest BCUT2D eigenvalue weighted by Crippen LogP contribution is 2.21. The molecule has 0 saturated carbocycles. The number of carbonyl (C=O) groups excluding carboxylic acids is 1. The van der Waals surface area contributed by atoms with E-state index in [1.165, 1.54) is 12.8 Å². The molecule has 0 spiro atoms. The van der Waals surface area contributed by atoms with Crippen molar-refractivity contribution in [2.24, 2.45) is 16.8 Å². The van der Waals surface area contributed by atoms with Gasteiger partial charge in [-0.2, -0.15) is 0 Å². The van der Waals surface area contributed by atoms with E-state index in [4.69, 9.17) is 4.74 Å². The summed E-state index contributed by atoms with van der Waals surface area (Å²) in [5.74, 6) is 2.54. The third-order valence-corrected chi connectivity index (χ3v) is 5.92. The van der Waals surface area contributed by atoms with E-state index >= 15 is 0 Å². The Morgan fingerprint density at radius 1 is 1.27 bits per heavy atom. The molecule has 0 amide bonds. The maximum Gasteiger partial charge on any atom is 0.310 e. The van der Waals surface area contributed by atoms with Crippen molar-refractivity contribution < 1.29 is 9.53 Å². The standard InChI is InChI=1S/C22H35N5O2.HI/c1-4-29-21(28)19-6-5-11-27(16-19)22(23-3)25-15-18-7-8-20(24-14-18)26-12-9-17(2)10-13-26;/h7-8,14,17,19H,4-6,9-13,15-16H2,1-3H3,(H,23,25);1H. The number of nitrogens with one attached hydrogen (secondary N) is 1. The Morgan fingerprint density at radius 3 is 2.67 bits per heavy atom. The van der Waals surface area contributed by atoms with Gasteiger partial charge in [0.1, 0.15) is 5.82 Å². The van der Waals surface area contributed by atoms with E-state index in [0.29, 0.717) is 19.7 Å². The molecule has 1 aromatic rings. The minimum atomic E-state index is -0.0976. The molecule has 30 heavy (non-hydrogen) atoms. The average molecular weight is 529 g/mol. The predicted octanol–water partition coefficient (Wildman–Crippen LogP) is 3.29. The van der Waals surface area contributed by atoms with E-state index in [2.05, 4.69) is 44.1 Å². The van der Waals surface area contributed by atoms with Crippen LogP contribution in [0.3, 0.4) is 0 Å². The van der Waals surface area contributed by atoms with Crippen molar-refractivity contribution in [1.82, 2.24) is 15.2 Å². The number of aliphatic imine (C=N–C) groups is 1. The third kappa shape index (κ3) is 6.72. The molecule has 0 bridgehead atoms. The number of esters is 1. The Balaban J connectivity index is 0.00000320. The van der Waals surface area contributed by atoms with Gasteiger partial charge in [0.15, 0.2) is 5.96 Å². The van der Waals surface area contributed by atoms with Crippen LogP contribution in [0.5, 0.6) is 0 Å². The van der Waals surface area contributed by atoms with Crippen molar-refractivity contribution in [2.45, 2.75) is 46.1 Å². The number of pyridine rings is 1. The highest BCUT2D eigenvalue weighted by atomic mass is 127. The Kier molecular flexibility index (Phi) is 10.1. The van der Waals surface area contributed by atoms with Crippen LogP contribution in [0.4, 0.5) is 5.82 Å². The van der Waals surface area contributed by atoms with E-state index < -0.39 is 0 Å². The molecule has 1 unspecified atom stereocenters. The molecule has 7 nitrogen and oxygen atoms in total. The van der Waals surface area contributed by atoms with Gasteiger partial charge in [-0.1, -0.05) is 13.0 Å². The monoisotopic (exact) mass is 529 g/mol. The van der Waals surface area contributed by atoms with Gasteiger partial charge >= 0.3 is 5.97 Å². The summed E-state index contributed by atoms with van der Waals surface area (Å²) >= 11 is 0. The van der Waals surface area contributed by atoms with Gasteiger partial charge in [-0.25, -0.2) is 4.98 Å². The maximum absolute atomic E-state index is 12.1. The van der Waals surface area contributed by atoms with Crippen molar-refractivity contribution in [1.29, 1.82) is 0 Å². The lowest BCUT2D eigenvalue weighted by Crippen LogP contribution is -2.48. The van der Waals surface area contributed by atoms with Crippen LogP contribution in [0, 0.1) is 11.8 Å². The van der Waals surface area contributed by atoms with E-state index in [1.807, 2.05) is 13.1 Å². The summed E-state index contributed by atoms with van der Waals surface area (Å²) in [6, 6.07) is 4.26. The number of guanidine groups is 1. The fraction of sp³-hybridized carbons (Fsp3) is 0.682. The number of piperidine rings is 2. The third-order valence-electron chi connectivity index (χ3n) is 5.92. The maximum atomic E-state index is 12.1. The Hall–Kier alpha value is -1.58. The summed E-state index contributed by atoms with van der Waals surface area (Å²) in [6.45, 7) is 9.01. The van der Waals surface area contributed by atoms with Crippen molar-refractivity contribution >= 4 is 41.7 Å². The van der Waals surface area contributed by atoms with E-state index in [0.717, 1.165) is 55.7 Å². The molecule has 168 valence electrons. The molecular formula is C22H36IN5O2. The highest BCUT2D eigenvalue weighted by molar-refractivity contribution is 14.0. The molecule has 1 atom stereocenters. The molecular weight excluding hydrogens is 493 g/mol. The zero-order valence-corrected chi connectivity index (χ0v) is 20.8. The summed E-state index contributed by atoms with van der Waals surface area (Å²) in [5, 5.41) is 3.42. The fourth-order valence-electron chi connectivity index (χ4n) is 4.08. The SMILES string of the molecule is CCOC(=O)C1CCCN(C(=NC)NCc2ccc(N3CCC(C)CC3)nc2)C1.I. The zero-order chi connectivity index (χ0) is 20.6. The zero-order valence-electron chi connectivity index (χ0n) is 18.5. The van der Waals surface area contributed by atoms with Crippen molar-refractivity contribution in [3.8, 4) is 0 Å². The first-order valence-electron chi connectivity index (χ1n) is 10.9. The number of likely N-dealkylation sites (tertiary alicyclic amines) is 1. The van der Waals surface area contributed by atoms with E-state index in [1.54, 1.807) is 7.05 Å². The Bertz CT molecular complexity index is 689. The second kappa shape index (κ2) is 12.3. The number of anilines is 1. The molecule has 1 N–H and O–H groups in total. The van der Waals surface area contributed by atoms with Crippen LogP contribution in [-0.4, -0.2) is 61.6 Å². The van der Waals surface area contributed by atoms with Crippen molar-refractivity contribution in [2.75, 3.05) is 44.7 Å². The van der Waals surface area contributed by atoms with Crippen LogP contribution in [0.25, 0.3) is 0 Å². The first-order chi connectivity index (χ1) is 14.1. The summed E-state index contributed by atoms with van der Waals surface area (Å²) < 4.78 is 5.20. The summed E-state index contributed by atoms with van der Waals surface area (Å²) in [6.07, 6.45) is 6.28. The van der Waals surface area contributed by atoms with Gasteiger partial charge in [0.25, 0.3) is 0 Å². The molecule has 0 aliphatic carbocycles. The lowest BCUT2D eigenvalue weighted by Gasteiger charge is -2.34. The van der Waals surface area contributed by atoms with Crippen LogP contribution in [0.2, 0.25) is 0 Å². The molecule has 2 aliphatic rings. The number of nitrogens with zero attached hydrogens (tertiary/aromatic N) is 4. The first-order valence-corrected chi connectivity index (χ1v) is 10.9. The molecule has 2 aliphatic heterocycles. The van der Waals surface area contributed by atoms with Crippen LogP contribution in [-0.2, 0) is 16.1 Å². The number of carbonyl (C=O) groups is 1. The van der Waals surface area contributed by atoms with Crippen molar-refractivity contribution in [3.05, 3.63) is 23.9 Å². The topological polar surface area (TPSA) is 70.1 Å². The number of hydrogen-bond acceptors (Lipinski definition) is 5. The van der Waals surface area contributed by atoms with Crippen LogP contribution < -0.4 is 10.2 Å². The normalized spacial score (nSPS) is 20.5. The molecule has 3 heterocycles. The number of aromatic nitrogens is 1. The fourth-order valence-corrected chi connectivity index (χ4v) is 4.08. The summed E-state index contributed by atoms with van der Waals surface area (Å²) in [7, 11) is 1.79. The molecule has 0 radical (unpaired) electrons. The van der Waals surface area contributed by atoms with Gasteiger partial charge in [-0.15, -0.1) is 24.0 Å². The molecule has 2 fully saturated rings. The molecule has 3 rings (SSSR count). The van der Waals surface area contributed by atoms with Gasteiger partial charge in [-0.05, 0) is 50.2 Å². The van der Waals surface area contributed by atoms with Gasteiger partial charge in [0.2, 0.25) is 0 Å². The van der Waals surface area contributed by atoms with Crippen LogP contribution >= 0.6 is 24.0 Å². The molecule has 1 aromatic heterocycles. The minimum absolute atomic E-state index is 0. The Morgan fingerprint density at radius 2 is 2.03 bits per heavy atom. The van der Waals surface area contributed by atoms with Crippen LogP contribution in [0.1, 0.15) is 45.1 Å². The molecule has 0 aromatic carbocycles. The highest BCUT2D eigenvalue weighted by Gasteiger charge is 2.28. The largest absolute Gasteiger partial charge is 0.466 e. The lowest BCUT2D eigenvalue weighted by atomic mass is 9.98. The van der Waals surface area contributed by atoms with Crippen LogP contribution in [0.15, 0.2) is 23.3 Å². The van der Waals surface area contributed by atoms with Gasteiger partial charge in [0.05, 0.1) is 12.5 Å². The minimum Gasteiger partial charge on any atom is -0.466 e. The predicted molar refractivity (Wildman–Crippen MR) is 131 cm³/mol. The number of ether oxygens (including phenoxy) is 1. The second-order valence-electron chi connectivity index (χ2n) is 8.13. The summed E-state index contributed by atoms with van der Waals surface area (Å²) in [5.41, 5.74) is 1.12. The van der Waals surface area contributed by atoms with E-state index in [9.17, 15) is 4.79 Å². The Labute approximate surface area is 197 Å². The number of hydrogen-bond donors (Lipinski definition) is 1. The van der Waals surface area contributed by atoms with Gasteiger partial charge in [-0.3, -0.25) is 9.79 Å². The lowest BCUT2D eigenvalue weighted by molar-refractivity contribution is -0.149. The number of rotatable bonds is 5. The smallest absolute Gasteiger partial charge is 0.310 e. The van der Waals surface area contributed by atoms with Crippen molar-refractivity contribution in [3.63, 3.8) is 0 Å².